The summed E-state index contributed by atoms with van der Waals surface area (Å²) in [6, 6.07) is 2.79. The zero-order chi connectivity index (χ0) is 26.4. The van der Waals surface area contributed by atoms with Gasteiger partial charge in [0.2, 0.25) is 17.6 Å². The molecule has 192 valence electrons. The second-order valence-corrected chi connectivity index (χ2v) is 8.66. The average Bonchev–Trinajstić information content (AvgIpc) is 2.96. The number of Topliss-reactive ketones (excluding diaryl/α,β-unsaturated/α-hetero) is 1. The fourth-order valence-electron chi connectivity index (χ4n) is 3.87. The van der Waals surface area contributed by atoms with Crippen LogP contribution in [0.4, 0.5) is 4.79 Å². The maximum atomic E-state index is 13.3. The molecule has 14 heteroatoms. The van der Waals surface area contributed by atoms with E-state index in [2.05, 4.69) is 10.7 Å². The van der Waals surface area contributed by atoms with Crippen LogP contribution in [0.1, 0.15) is 31.2 Å². The smallest absolute Gasteiger partial charge is 0.358 e. The van der Waals surface area contributed by atoms with Gasteiger partial charge in [0.05, 0.1) is 19.0 Å². The van der Waals surface area contributed by atoms with Crippen molar-refractivity contribution in [3.05, 3.63) is 34.9 Å². The number of aliphatic carboxylic acids is 1. The van der Waals surface area contributed by atoms with Gasteiger partial charge in [0.25, 0.3) is 0 Å². The molecule has 13 nitrogen and oxygen atoms in total. The number of fused-ring (bicyclic) bond motifs is 1. The van der Waals surface area contributed by atoms with Crippen LogP contribution in [0.15, 0.2) is 24.3 Å². The third kappa shape index (κ3) is 6.36. The molecule has 2 saturated heterocycles. The summed E-state index contributed by atoms with van der Waals surface area (Å²) in [6.07, 6.45) is -0.335. The van der Waals surface area contributed by atoms with Crippen LogP contribution >= 0.6 is 11.6 Å². The number of ketones is 1. The molecule has 5 amide bonds. The monoisotopic (exact) mass is 521 g/mol. The number of nitrogens with one attached hydrogen (secondary N) is 2. The third-order valence-corrected chi connectivity index (χ3v) is 5.88. The first kappa shape index (κ1) is 26.6. The summed E-state index contributed by atoms with van der Waals surface area (Å²) >= 11 is 5.81. The average molecular weight is 522 g/mol. The number of carbonyl (C=O) groups is 7. The Hall–Kier alpha value is -4.00. The highest BCUT2D eigenvalue weighted by Crippen LogP contribution is 2.24. The van der Waals surface area contributed by atoms with Crippen LogP contribution in [0.25, 0.3) is 0 Å². The van der Waals surface area contributed by atoms with E-state index >= 15 is 0 Å². The van der Waals surface area contributed by atoms with Crippen molar-refractivity contribution in [1.82, 2.24) is 25.8 Å². The van der Waals surface area contributed by atoms with Crippen LogP contribution in [-0.2, 0) is 35.2 Å². The molecular weight excluding hydrogens is 498 g/mol. The largest absolute Gasteiger partial charge is 0.481 e. The van der Waals surface area contributed by atoms with Gasteiger partial charge in [-0.2, -0.15) is 0 Å². The van der Waals surface area contributed by atoms with Crippen molar-refractivity contribution in [2.45, 2.75) is 44.2 Å². The van der Waals surface area contributed by atoms with Crippen LogP contribution in [0.3, 0.4) is 0 Å². The lowest BCUT2D eigenvalue weighted by Crippen LogP contribution is -2.65. The van der Waals surface area contributed by atoms with Crippen molar-refractivity contribution in [3.63, 3.8) is 0 Å². The van der Waals surface area contributed by atoms with E-state index in [1.165, 1.54) is 0 Å². The van der Waals surface area contributed by atoms with Gasteiger partial charge in [0.1, 0.15) is 12.3 Å². The Bertz CT molecular complexity index is 1080. The zero-order valence-corrected chi connectivity index (χ0v) is 19.8. The van der Waals surface area contributed by atoms with Gasteiger partial charge >= 0.3 is 17.9 Å². The summed E-state index contributed by atoms with van der Waals surface area (Å²) in [5.41, 5.74) is 2.74. The van der Waals surface area contributed by atoms with Gasteiger partial charge in [0.15, 0.2) is 0 Å². The fraction of sp³-hybridized carbons (Fsp3) is 0.409. The molecule has 2 fully saturated rings. The standard InChI is InChI=1S/C22H24ClN5O8/c23-14-5-3-13(4-6-14)10-17(30)21(35)25-26-9-7-18(31)27-8-1-2-16(28(27)22(26)36)20(34)24-15(12-29)11-19(32)33/h3-6,12,15-16H,1-2,7-11H2,(H,24,34)(H,25,35)(H,32,33)/t15-,16-/m0/s1. The number of urea groups is 1. The van der Waals surface area contributed by atoms with E-state index in [4.69, 9.17) is 16.7 Å². The number of amides is 5. The minimum atomic E-state index is -1.33. The Kier molecular flexibility index (Phi) is 8.59. The summed E-state index contributed by atoms with van der Waals surface area (Å²) in [5, 5.41) is 14.4. The van der Waals surface area contributed by atoms with Gasteiger partial charge in [0, 0.05) is 24.4 Å². The normalized spacial score (nSPS) is 18.6. The topological polar surface area (TPSA) is 174 Å². The highest BCUT2D eigenvalue weighted by molar-refractivity contribution is 6.36. The van der Waals surface area contributed by atoms with Crippen LogP contribution in [-0.4, -0.2) is 87.1 Å². The zero-order valence-electron chi connectivity index (χ0n) is 19.0. The van der Waals surface area contributed by atoms with Crippen molar-refractivity contribution >= 4 is 53.4 Å². The molecule has 0 bridgehead atoms. The SMILES string of the molecule is O=C[C@H](CC(=O)O)NC(=O)[C@@H]1CCCN2C(=O)CCN(NC(=O)C(=O)Cc3ccc(Cl)cc3)C(=O)N12. The Labute approximate surface area is 210 Å². The molecule has 0 aliphatic carbocycles. The van der Waals surface area contributed by atoms with Gasteiger partial charge < -0.3 is 15.2 Å². The number of carbonyl (C=O) groups excluding carboxylic acids is 6. The van der Waals surface area contributed by atoms with E-state index in [-0.39, 0.29) is 38.6 Å². The van der Waals surface area contributed by atoms with Crippen LogP contribution < -0.4 is 10.7 Å². The molecule has 0 unspecified atom stereocenters. The highest BCUT2D eigenvalue weighted by Gasteiger charge is 2.44. The molecule has 2 aliphatic heterocycles. The van der Waals surface area contributed by atoms with Gasteiger partial charge in [-0.15, -0.1) is 0 Å². The predicted molar refractivity (Wildman–Crippen MR) is 122 cm³/mol. The first-order valence-electron chi connectivity index (χ1n) is 11.1. The summed E-state index contributed by atoms with van der Waals surface area (Å²) in [4.78, 5) is 85.9. The van der Waals surface area contributed by atoms with Gasteiger partial charge in [-0.1, -0.05) is 23.7 Å². The van der Waals surface area contributed by atoms with Gasteiger partial charge in [-0.05, 0) is 30.5 Å². The summed E-state index contributed by atoms with van der Waals surface area (Å²) in [5.74, 6) is -4.54. The molecule has 0 radical (unpaired) electrons. The lowest BCUT2D eigenvalue weighted by Gasteiger charge is -2.42. The fourth-order valence-corrected chi connectivity index (χ4v) is 3.99. The Morgan fingerprint density at radius 2 is 1.83 bits per heavy atom. The van der Waals surface area contributed by atoms with Crippen molar-refractivity contribution in [2.75, 3.05) is 13.1 Å². The van der Waals surface area contributed by atoms with Crippen molar-refractivity contribution in [3.8, 4) is 0 Å². The maximum absolute atomic E-state index is 13.3. The third-order valence-electron chi connectivity index (χ3n) is 5.62. The number of halogens is 1. The number of hydrogen-bond acceptors (Lipinski definition) is 7. The predicted octanol–water partition coefficient (Wildman–Crippen LogP) is -0.325. The Morgan fingerprint density at radius 3 is 2.47 bits per heavy atom. The molecule has 1 aromatic carbocycles. The quantitative estimate of drug-likeness (QED) is 0.292. The van der Waals surface area contributed by atoms with Gasteiger partial charge in [-0.25, -0.2) is 19.8 Å². The van der Waals surface area contributed by atoms with Crippen molar-refractivity contribution in [1.29, 1.82) is 0 Å². The number of carboxylic acids is 1. The number of nitrogens with zero attached hydrogens (tertiary/aromatic N) is 3. The Balaban J connectivity index is 1.74. The van der Waals surface area contributed by atoms with E-state index < -0.39 is 54.0 Å². The minimum Gasteiger partial charge on any atom is -0.481 e. The second kappa shape index (κ2) is 11.6. The number of hydrazine groups is 2. The molecule has 0 aromatic heterocycles. The molecule has 2 heterocycles. The minimum absolute atomic E-state index is 0.122. The van der Waals surface area contributed by atoms with E-state index in [9.17, 15) is 33.6 Å². The lowest BCUT2D eigenvalue weighted by atomic mass is 10.1. The highest BCUT2D eigenvalue weighted by atomic mass is 35.5. The molecule has 0 saturated carbocycles. The molecule has 3 rings (SSSR count). The molecule has 3 N–H and O–H groups in total. The van der Waals surface area contributed by atoms with E-state index in [1.807, 2.05) is 0 Å². The number of rotatable bonds is 9. The molecule has 1 aromatic rings. The lowest BCUT2D eigenvalue weighted by molar-refractivity contribution is -0.155. The number of hydrogen-bond donors (Lipinski definition) is 3. The second-order valence-electron chi connectivity index (χ2n) is 8.22. The summed E-state index contributed by atoms with van der Waals surface area (Å²) < 4.78 is 0. The number of carboxylic acid groups (broad SMARTS) is 1. The van der Waals surface area contributed by atoms with Crippen LogP contribution in [0.2, 0.25) is 5.02 Å². The molecule has 0 spiro atoms. The maximum Gasteiger partial charge on any atom is 0.358 e. The van der Waals surface area contributed by atoms with E-state index in [0.717, 1.165) is 15.0 Å². The number of benzene rings is 1. The number of aldehydes is 1. The van der Waals surface area contributed by atoms with Crippen LogP contribution in [0.5, 0.6) is 0 Å². The van der Waals surface area contributed by atoms with Gasteiger partial charge in [-0.3, -0.25) is 29.4 Å². The summed E-state index contributed by atoms with van der Waals surface area (Å²) in [7, 11) is 0. The first-order chi connectivity index (χ1) is 17.1. The van der Waals surface area contributed by atoms with Crippen LogP contribution in [0, 0.1) is 0 Å². The van der Waals surface area contributed by atoms with Crippen molar-refractivity contribution in [2.24, 2.45) is 0 Å². The van der Waals surface area contributed by atoms with Crippen molar-refractivity contribution < 1.29 is 38.7 Å². The van der Waals surface area contributed by atoms with E-state index in [0.29, 0.717) is 17.0 Å². The first-order valence-corrected chi connectivity index (χ1v) is 11.4. The molecule has 2 aliphatic rings. The Morgan fingerprint density at radius 1 is 1.14 bits per heavy atom. The van der Waals surface area contributed by atoms with E-state index in [1.54, 1.807) is 24.3 Å². The summed E-state index contributed by atoms with van der Waals surface area (Å²) in [6.45, 7) is -0.104. The molecule has 36 heavy (non-hydrogen) atoms. The molecule has 2 atom stereocenters. The molecular formula is C22H24ClN5O8.